The molecule has 0 saturated carbocycles. The maximum absolute atomic E-state index is 11.0. The van der Waals surface area contributed by atoms with Crippen LogP contribution in [0.15, 0.2) is 9.59 Å². The number of aldehydes is 1. The minimum absolute atomic E-state index is 0.146. The predicted molar refractivity (Wildman–Crippen MR) is 53.1 cm³/mol. The summed E-state index contributed by atoms with van der Waals surface area (Å²) in [4.78, 5) is 46.7. The molecule has 0 radical (unpaired) electrons. The molecule has 0 unspecified atom stereocenters. The summed E-state index contributed by atoms with van der Waals surface area (Å²) in [6, 6.07) is 0. The van der Waals surface area contributed by atoms with Crippen LogP contribution in [0.3, 0.4) is 0 Å². The molecule has 1 heterocycles. The van der Waals surface area contributed by atoms with Gasteiger partial charge in [0.1, 0.15) is 5.56 Å². The summed E-state index contributed by atoms with van der Waals surface area (Å²) in [6.07, 6.45) is -1.01. The summed E-state index contributed by atoms with van der Waals surface area (Å²) in [5.74, 6) is -0.550. The Balaban J connectivity index is 0.00000121. The molecule has 0 aliphatic carbocycles. The van der Waals surface area contributed by atoms with E-state index >= 15 is 0 Å². The molecule has 0 bridgehead atoms. The van der Waals surface area contributed by atoms with Crippen LogP contribution in [0.5, 0.6) is 5.88 Å². The number of nitrogens with one attached hydrogen (secondary N) is 2. The quantitative estimate of drug-likeness (QED) is 0.543. The molecule has 0 saturated heterocycles. The van der Waals surface area contributed by atoms with Crippen LogP contribution < -0.4 is 16.0 Å². The lowest BCUT2D eigenvalue weighted by molar-refractivity contribution is 0.110. The highest BCUT2D eigenvalue weighted by molar-refractivity contribution is 5.79. The maximum Gasteiger partial charge on any atom is 0.514 e. The van der Waals surface area contributed by atoms with Gasteiger partial charge >= 0.3 is 11.8 Å². The molecule has 1 aromatic heterocycles. The number of carbonyl (C=O) groups is 2. The van der Waals surface area contributed by atoms with Crippen LogP contribution in [0, 0.1) is 0 Å². The van der Waals surface area contributed by atoms with Crippen molar-refractivity contribution < 1.29 is 23.5 Å². The van der Waals surface area contributed by atoms with Crippen LogP contribution in [0.2, 0.25) is 0 Å². The van der Waals surface area contributed by atoms with Crippen molar-refractivity contribution in [3.05, 3.63) is 26.4 Å². The zero-order valence-electron chi connectivity index (χ0n) is 8.90. The summed E-state index contributed by atoms with van der Waals surface area (Å²) < 4.78 is 18.0. The number of rotatable bonds is 2. The van der Waals surface area contributed by atoms with Gasteiger partial charge < -0.3 is 9.47 Å². The van der Waals surface area contributed by atoms with Gasteiger partial charge in [0.2, 0.25) is 5.88 Å². The van der Waals surface area contributed by atoms with E-state index in [1.807, 2.05) is 4.98 Å². The fourth-order valence-electron chi connectivity index (χ4n) is 0.788. The number of aromatic nitrogens is 2. The topological polar surface area (TPSA) is 118 Å². The second kappa shape index (κ2) is 6.93. The smallest absolute Gasteiger partial charge is 0.437 e. The molecule has 0 fully saturated rings. The Morgan fingerprint density at radius 3 is 2.35 bits per heavy atom. The normalized spacial score (nSPS) is 8.65. The highest BCUT2D eigenvalue weighted by Gasteiger charge is 2.13. The van der Waals surface area contributed by atoms with Gasteiger partial charge in [0, 0.05) is 0 Å². The molecule has 1 rings (SSSR count). The number of hydrogen-bond donors (Lipinski definition) is 2. The minimum atomic E-state index is -1.15. The van der Waals surface area contributed by atoms with Crippen molar-refractivity contribution >= 4 is 12.4 Å². The summed E-state index contributed by atoms with van der Waals surface area (Å²) in [6.45, 7) is 0. The van der Waals surface area contributed by atoms with Crippen molar-refractivity contribution in [2.45, 2.75) is 0 Å². The van der Waals surface area contributed by atoms with Gasteiger partial charge in [-0.05, 0) is 0 Å². The highest BCUT2D eigenvalue weighted by Crippen LogP contribution is 2.05. The van der Waals surface area contributed by atoms with E-state index in [0.717, 1.165) is 7.11 Å². The van der Waals surface area contributed by atoms with E-state index in [-0.39, 0.29) is 6.29 Å². The molecule has 0 aliphatic heterocycles. The summed E-state index contributed by atoms with van der Waals surface area (Å²) in [5, 5.41) is 0. The number of alkyl halides is 1. The van der Waals surface area contributed by atoms with E-state index in [0.29, 0.717) is 7.18 Å². The van der Waals surface area contributed by atoms with E-state index < -0.39 is 28.8 Å². The molecule has 0 aliphatic rings. The lowest BCUT2D eigenvalue weighted by Gasteiger charge is -2.02. The molecule has 17 heavy (non-hydrogen) atoms. The minimum Gasteiger partial charge on any atom is -0.437 e. The van der Waals surface area contributed by atoms with Gasteiger partial charge in [-0.3, -0.25) is 23.9 Å². The molecule has 1 aromatic rings. The van der Waals surface area contributed by atoms with Crippen LogP contribution in [0.4, 0.5) is 9.18 Å². The van der Waals surface area contributed by atoms with E-state index in [9.17, 15) is 23.6 Å². The number of ether oxygens (including phenoxy) is 2. The molecule has 94 valence electrons. The van der Waals surface area contributed by atoms with E-state index in [2.05, 4.69) is 9.47 Å². The third-order valence-electron chi connectivity index (χ3n) is 1.41. The number of halogens is 1. The largest absolute Gasteiger partial charge is 0.514 e. The van der Waals surface area contributed by atoms with Crippen LogP contribution in [0.1, 0.15) is 10.4 Å². The lowest BCUT2D eigenvalue weighted by atomic mass is 10.3. The molecule has 8 nitrogen and oxygen atoms in total. The van der Waals surface area contributed by atoms with Crippen molar-refractivity contribution in [2.75, 3.05) is 14.3 Å². The Bertz CT molecular complexity index is 505. The Labute approximate surface area is 93.4 Å². The van der Waals surface area contributed by atoms with Gasteiger partial charge in [0.15, 0.2) is 6.29 Å². The first kappa shape index (κ1) is 14.6. The van der Waals surface area contributed by atoms with E-state index in [4.69, 9.17) is 0 Å². The van der Waals surface area contributed by atoms with Crippen molar-refractivity contribution in [3.8, 4) is 5.88 Å². The highest BCUT2D eigenvalue weighted by atomic mass is 19.1. The predicted octanol–water partition coefficient (Wildman–Crippen LogP) is -0.393. The molecule has 0 aromatic carbocycles. The third-order valence-corrected chi connectivity index (χ3v) is 1.41. The average molecular weight is 248 g/mol. The second-order valence-electron chi connectivity index (χ2n) is 2.33. The Morgan fingerprint density at radius 1 is 1.29 bits per heavy atom. The maximum atomic E-state index is 11.0. The van der Waals surface area contributed by atoms with Gasteiger partial charge in [0.25, 0.3) is 5.56 Å². The fourth-order valence-corrected chi connectivity index (χ4v) is 0.788. The zero-order chi connectivity index (χ0) is 13.4. The molecular formula is C8H9FN2O6. The monoisotopic (exact) mass is 248 g/mol. The van der Waals surface area contributed by atoms with Crippen molar-refractivity contribution in [3.63, 3.8) is 0 Å². The van der Waals surface area contributed by atoms with Gasteiger partial charge in [0.05, 0.1) is 14.3 Å². The fraction of sp³-hybridized carbons (Fsp3) is 0.250. The zero-order valence-corrected chi connectivity index (χ0v) is 8.90. The standard InChI is InChI=1S/C7H6N2O6.CH3F/c1-14-7(13)15-5-3(2-10)4(11)8-6(12)9-5;1-2/h2H,1H3,(H2,8,9,11,12);1H3. The molecule has 0 spiro atoms. The summed E-state index contributed by atoms with van der Waals surface area (Å²) in [5.41, 5.74) is -2.35. The van der Waals surface area contributed by atoms with E-state index in [1.165, 1.54) is 0 Å². The van der Waals surface area contributed by atoms with Gasteiger partial charge in [-0.25, -0.2) is 9.59 Å². The van der Waals surface area contributed by atoms with Crippen molar-refractivity contribution in [1.82, 2.24) is 9.97 Å². The number of carbonyl (C=O) groups excluding carboxylic acids is 2. The van der Waals surface area contributed by atoms with Crippen LogP contribution in [0.25, 0.3) is 0 Å². The first-order valence-corrected chi connectivity index (χ1v) is 4.04. The first-order chi connectivity index (χ1) is 8.08. The number of methoxy groups -OCH3 is 1. The van der Waals surface area contributed by atoms with Gasteiger partial charge in [-0.1, -0.05) is 0 Å². The second-order valence-corrected chi connectivity index (χ2v) is 2.33. The Morgan fingerprint density at radius 2 is 1.88 bits per heavy atom. The van der Waals surface area contributed by atoms with Crippen LogP contribution >= 0.6 is 0 Å². The van der Waals surface area contributed by atoms with Crippen molar-refractivity contribution in [1.29, 1.82) is 0 Å². The van der Waals surface area contributed by atoms with Gasteiger partial charge in [-0.2, -0.15) is 0 Å². The summed E-state index contributed by atoms with van der Waals surface area (Å²) >= 11 is 0. The molecule has 9 heteroatoms. The molecule has 0 atom stereocenters. The number of hydrogen-bond acceptors (Lipinski definition) is 6. The first-order valence-electron chi connectivity index (χ1n) is 4.04. The van der Waals surface area contributed by atoms with Crippen molar-refractivity contribution in [2.24, 2.45) is 0 Å². The summed E-state index contributed by atoms with van der Waals surface area (Å²) in [7, 11) is 1.54. The average Bonchev–Trinajstić information content (AvgIpc) is 2.31. The molecular weight excluding hydrogens is 239 g/mol. The van der Waals surface area contributed by atoms with Gasteiger partial charge in [-0.15, -0.1) is 0 Å². The number of aromatic amines is 2. The number of H-pyrrole nitrogens is 2. The van der Waals surface area contributed by atoms with E-state index in [1.54, 1.807) is 4.98 Å². The van der Waals surface area contributed by atoms with Crippen LogP contribution in [-0.4, -0.2) is 36.7 Å². The Hall–Kier alpha value is -2.45. The lowest BCUT2D eigenvalue weighted by Crippen LogP contribution is -2.27. The molecule has 2 N–H and O–H groups in total. The van der Waals surface area contributed by atoms with Crippen LogP contribution in [-0.2, 0) is 4.74 Å². The Kier molecular flexibility index (Phi) is 5.93. The third kappa shape index (κ3) is 3.89. The molecule has 0 amide bonds. The SMILES string of the molecule is CF.COC(=O)Oc1[nH]c(=O)[nH]c(=O)c1C=O.